The number of aromatic amines is 1. The van der Waals surface area contributed by atoms with E-state index in [2.05, 4.69) is 27.0 Å². The molecule has 0 unspecified atom stereocenters. The summed E-state index contributed by atoms with van der Waals surface area (Å²) in [4.78, 5) is 21.2. The fourth-order valence-corrected chi connectivity index (χ4v) is 4.25. The Morgan fingerprint density at radius 1 is 1.29 bits per heavy atom. The van der Waals surface area contributed by atoms with Crippen LogP contribution in [-0.4, -0.2) is 23.1 Å². The highest BCUT2D eigenvalue weighted by atomic mass is 16.1. The number of piperidine rings is 1. The van der Waals surface area contributed by atoms with E-state index in [1.165, 1.54) is 0 Å². The molecule has 0 amide bonds. The van der Waals surface area contributed by atoms with Crippen molar-refractivity contribution in [3.05, 3.63) is 34.4 Å². The second kappa shape index (κ2) is 5.35. The largest absolute Gasteiger partial charge is 0.370 e. The number of pyridine rings is 2. The molecule has 2 aliphatic rings. The molecule has 1 N–H and O–H groups in total. The van der Waals surface area contributed by atoms with Crippen molar-refractivity contribution >= 4 is 16.6 Å². The van der Waals surface area contributed by atoms with E-state index in [1.807, 2.05) is 6.07 Å². The average Bonchev–Trinajstić information content (AvgIpc) is 2.58. The van der Waals surface area contributed by atoms with Crippen molar-refractivity contribution in [3.8, 4) is 12.1 Å². The smallest absolute Gasteiger partial charge is 0.268 e. The molecule has 0 bridgehead atoms. The van der Waals surface area contributed by atoms with Gasteiger partial charge in [-0.1, -0.05) is 0 Å². The van der Waals surface area contributed by atoms with Crippen molar-refractivity contribution in [2.75, 3.05) is 18.0 Å². The topological polar surface area (TPSA) is 96.6 Å². The van der Waals surface area contributed by atoms with Crippen LogP contribution in [0.3, 0.4) is 0 Å². The zero-order valence-corrected chi connectivity index (χ0v) is 13.2. The third-order valence-electron chi connectivity index (χ3n) is 5.58. The number of nitrogens with zero attached hydrogens (tertiary/aromatic N) is 4. The fourth-order valence-electron chi connectivity index (χ4n) is 4.25. The van der Waals surface area contributed by atoms with E-state index < -0.39 is 0 Å². The molecule has 6 heteroatoms. The van der Waals surface area contributed by atoms with Crippen LogP contribution in [0, 0.1) is 34.0 Å². The summed E-state index contributed by atoms with van der Waals surface area (Å²) in [5, 5.41) is 19.3. The zero-order valence-electron chi connectivity index (χ0n) is 13.2. The molecule has 2 aromatic heterocycles. The molecule has 0 atom stereocenters. The van der Waals surface area contributed by atoms with Gasteiger partial charge in [0.1, 0.15) is 11.6 Å². The van der Waals surface area contributed by atoms with Gasteiger partial charge in [-0.2, -0.15) is 10.5 Å². The van der Waals surface area contributed by atoms with E-state index in [0.29, 0.717) is 10.9 Å². The molecule has 1 saturated carbocycles. The van der Waals surface area contributed by atoms with E-state index in [0.717, 1.165) is 49.8 Å². The molecule has 1 aliphatic carbocycles. The third-order valence-corrected chi connectivity index (χ3v) is 5.58. The van der Waals surface area contributed by atoms with Crippen LogP contribution < -0.4 is 10.5 Å². The Hall–Kier alpha value is -2.86. The van der Waals surface area contributed by atoms with Crippen LogP contribution in [0.25, 0.3) is 10.9 Å². The van der Waals surface area contributed by atoms with Gasteiger partial charge in [-0.25, -0.2) is 0 Å². The van der Waals surface area contributed by atoms with Gasteiger partial charge in [0.25, 0.3) is 5.56 Å². The number of nitriles is 2. The average molecular weight is 319 g/mol. The van der Waals surface area contributed by atoms with Gasteiger partial charge in [-0.05, 0) is 37.2 Å². The van der Waals surface area contributed by atoms with Crippen LogP contribution in [0.15, 0.2) is 23.3 Å². The summed E-state index contributed by atoms with van der Waals surface area (Å²) < 4.78 is 0. The van der Waals surface area contributed by atoms with E-state index in [9.17, 15) is 10.1 Å². The third kappa shape index (κ3) is 2.15. The van der Waals surface area contributed by atoms with Crippen LogP contribution in [0.1, 0.15) is 31.2 Å². The summed E-state index contributed by atoms with van der Waals surface area (Å²) in [6, 6.07) is 6.27. The molecule has 3 heterocycles. The Morgan fingerprint density at radius 2 is 2.04 bits per heavy atom. The maximum absolute atomic E-state index is 12.2. The first kappa shape index (κ1) is 14.7. The van der Waals surface area contributed by atoms with Crippen molar-refractivity contribution < 1.29 is 0 Å². The molecular formula is C18H17N5O. The lowest BCUT2D eigenvalue weighted by atomic mass is 9.58. The maximum atomic E-state index is 12.2. The molecule has 0 aromatic carbocycles. The van der Waals surface area contributed by atoms with E-state index >= 15 is 0 Å². The quantitative estimate of drug-likeness (QED) is 0.870. The standard InChI is InChI=1S/C18H17N5O/c19-9-12-7-18(8-12)2-5-23(6-3-18)16-13-1-4-21-11-15(13)22-17(24)14(16)10-20/h1,4,11-12H,2-3,5-8H2,(H,22,24). The Labute approximate surface area is 139 Å². The Bertz CT molecular complexity index is 933. The lowest BCUT2D eigenvalue weighted by molar-refractivity contribution is 0.0566. The van der Waals surface area contributed by atoms with Gasteiger partial charge in [-0.3, -0.25) is 9.78 Å². The highest BCUT2D eigenvalue weighted by Gasteiger charge is 2.46. The van der Waals surface area contributed by atoms with Gasteiger partial charge in [0.2, 0.25) is 0 Å². The maximum Gasteiger partial charge on any atom is 0.268 e. The normalized spacial score (nSPS) is 19.7. The van der Waals surface area contributed by atoms with Gasteiger partial charge in [0.05, 0.1) is 23.5 Å². The molecule has 1 spiro atoms. The first-order valence-electron chi connectivity index (χ1n) is 8.20. The Balaban J connectivity index is 1.69. The zero-order chi connectivity index (χ0) is 16.7. The second-order valence-corrected chi connectivity index (χ2v) is 6.93. The summed E-state index contributed by atoms with van der Waals surface area (Å²) in [6.07, 6.45) is 7.30. The predicted molar refractivity (Wildman–Crippen MR) is 89.3 cm³/mol. The number of fused-ring (bicyclic) bond motifs is 1. The Kier molecular flexibility index (Phi) is 3.28. The van der Waals surface area contributed by atoms with E-state index in [-0.39, 0.29) is 17.0 Å². The summed E-state index contributed by atoms with van der Waals surface area (Å²) >= 11 is 0. The highest BCUT2D eigenvalue weighted by molar-refractivity contribution is 5.93. The predicted octanol–water partition coefficient (Wildman–Crippen LogP) is 2.31. The molecule has 4 rings (SSSR count). The molecular weight excluding hydrogens is 302 g/mol. The number of aromatic nitrogens is 2. The molecule has 1 aliphatic heterocycles. The van der Waals surface area contributed by atoms with Gasteiger partial charge in [0.15, 0.2) is 0 Å². The van der Waals surface area contributed by atoms with Crippen molar-refractivity contribution in [1.82, 2.24) is 9.97 Å². The number of hydrogen-bond donors (Lipinski definition) is 1. The van der Waals surface area contributed by atoms with Crippen LogP contribution >= 0.6 is 0 Å². The van der Waals surface area contributed by atoms with Crippen LogP contribution in [0.4, 0.5) is 5.69 Å². The van der Waals surface area contributed by atoms with Crippen molar-refractivity contribution in [3.63, 3.8) is 0 Å². The van der Waals surface area contributed by atoms with Crippen LogP contribution in [-0.2, 0) is 0 Å². The monoisotopic (exact) mass is 319 g/mol. The molecule has 0 radical (unpaired) electrons. The van der Waals surface area contributed by atoms with Crippen LogP contribution in [0.2, 0.25) is 0 Å². The van der Waals surface area contributed by atoms with Gasteiger partial charge in [0, 0.05) is 30.6 Å². The minimum Gasteiger partial charge on any atom is -0.370 e. The van der Waals surface area contributed by atoms with Crippen molar-refractivity contribution in [2.24, 2.45) is 11.3 Å². The van der Waals surface area contributed by atoms with Gasteiger partial charge in [-0.15, -0.1) is 0 Å². The second-order valence-electron chi connectivity index (χ2n) is 6.93. The van der Waals surface area contributed by atoms with Gasteiger partial charge >= 0.3 is 0 Å². The molecule has 2 fully saturated rings. The lowest BCUT2D eigenvalue weighted by Crippen LogP contribution is -2.47. The number of rotatable bonds is 1. The summed E-state index contributed by atoms with van der Waals surface area (Å²) in [6.45, 7) is 1.63. The van der Waals surface area contributed by atoms with E-state index in [4.69, 9.17) is 5.26 Å². The minimum absolute atomic E-state index is 0.174. The first-order valence-corrected chi connectivity index (χ1v) is 8.20. The van der Waals surface area contributed by atoms with Crippen molar-refractivity contribution in [1.29, 1.82) is 10.5 Å². The molecule has 6 nitrogen and oxygen atoms in total. The van der Waals surface area contributed by atoms with Crippen LogP contribution in [0.5, 0.6) is 0 Å². The summed E-state index contributed by atoms with van der Waals surface area (Å²) in [7, 11) is 0. The lowest BCUT2D eigenvalue weighted by Gasteiger charge is -2.50. The number of hydrogen-bond acceptors (Lipinski definition) is 5. The number of H-pyrrole nitrogens is 1. The fraction of sp³-hybridized carbons (Fsp3) is 0.444. The summed E-state index contributed by atoms with van der Waals surface area (Å²) in [5.74, 6) is 0.206. The number of anilines is 1. The minimum atomic E-state index is -0.360. The molecule has 2 aromatic rings. The Morgan fingerprint density at radius 3 is 2.71 bits per heavy atom. The highest BCUT2D eigenvalue weighted by Crippen LogP contribution is 2.52. The molecule has 120 valence electrons. The van der Waals surface area contributed by atoms with Crippen molar-refractivity contribution in [2.45, 2.75) is 25.7 Å². The number of nitrogens with one attached hydrogen (secondary N) is 1. The molecule has 1 saturated heterocycles. The SMILES string of the molecule is N#Cc1c(N2CCC3(CC2)CC(C#N)C3)c2ccncc2[nH]c1=O. The summed E-state index contributed by atoms with van der Waals surface area (Å²) in [5.41, 5.74) is 1.49. The first-order chi connectivity index (χ1) is 11.7. The van der Waals surface area contributed by atoms with Gasteiger partial charge < -0.3 is 9.88 Å². The molecule has 24 heavy (non-hydrogen) atoms. The van der Waals surface area contributed by atoms with E-state index in [1.54, 1.807) is 12.4 Å².